The van der Waals surface area contributed by atoms with Gasteiger partial charge in [-0.1, -0.05) is 6.92 Å². The predicted molar refractivity (Wildman–Crippen MR) is 53.4 cm³/mol. The first-order valence-corrected chi connectivity index (χ1v) is 4.28. The Hall–Kier alpha value is -1.98. The summed E-state index contributed by atoms with van der Waals surface area (Å²) in [6.45, 7) is 3.54. The van der Waals surface area contributed by atoms with E-state index in [1.165, 1.54) is 18.2 Å². The smallest absolute Gasteiger partial charge is 0.258 e. The molecule has 15 heavy (non-hydrogen) atoms. The van der Waals surface area contributed by atoms with Crippen LogP contribution in [0.15, 0.2) is 18.2 Å². The zero-order valence-corrected chi connectivity index (χ0v) is 7.88. The predicted octanol–water partition coefficient (Wildman–Crippen LogP) is 2.27. The quantitative estimate of drug-likeness (QED) is 0.562. The van der Waals surface area contributed by atoms with Crippen molar-refractivity contribution in [1.82, 2.24) is 0 Å². The molecule has 0 aliphatic carbocycles. The van der Waals surface area contributed by atoms with Crippen LogP contribution in [0.25, 0.3) is 0 Å². The molecule has 0 aromatic heterocycles. The average Bonchev–Trinajstić information content (AvgIpc) is 2.17. The van der Waals surface area contributed by atoms with E-state index in [4.69, 9.17) is 0 Å². The van der Waals surface area contributed by atoms with E-state index in [-0.39, 0.29) is 23.4 Å². The van der Waals surface area contributed by atoms with Crippen LogP contribution < -0.4 is 0 Å². The van der Waals surface area contributed by atoms with Crippen molar-refractivity contribution in [3.63, 3.8) is 0 Å². The summed E-state index contributed by atoms with van der Waals surface area (Å²) < 4.78 is 0. The molecule has 1 rings (SSSR count). The van der Waals surface area contributed by atoms with Crippen molar-refractivity contribution in [3.8, 4) is 0 Å². The largest absolute Gasteiger partial charge is 0.279 e. The molecule has 0 amide bonds. The summed E-state index contributed by atoms with van der Waals surface area (Å²) in [4.78, 5) is 20.0. The number of nitro benzene ring substituents is 2. The molecule has 0 saturated carbocycles. The molecule has 6 heteroatoms. The molecule has 0 fully saturated rings. The highest BCUT2D eigenvalue weighted by Gasteiger charge is 2.23. The molecule has 0 saturated heterocycles. The summed E-state index contributed by atoms with van der Waals surface area (Å²) in [5.41, 5.74) is -0.289. The lowest BCUT2D eigenvalue weighted by Gasteiger charge is -2.01. The first-order valence-electron chi connectivity index (χ1n) is 4.28. The van der Waals surface area contributed by atoms with Crippen molar-refractivity contribution in [2.45, 2.75) is 12.8 Å². The molecular formula is C9H9N2O4. The molecule has 6 nitrogen and oxygen atoms in total. The third-order valence-corrected chi connectivity index (χ3v) is 1.95. The maximum atomic E-state index is 10.6. The molecule has 0 spiro atoms. The molecule has 0 N–H and O–H groups in total. The molecular weight excluding hydrogens is 200 g/mol. The fraction of sp³-hybridized carbons (Fsp3) is 0.222. The molecule has 0 atom stereocenters. The van der Waals surface area contributed by atoms with Crippen molar-refractivity contribution in [2.24, 2.45) is 0 Å². The van der Waals surface area contributed by atoms with E-state index in [0.717, 1.165) is 0 Å². The second-order valence-corrected chi connectivity index (χ2v) is 2.89. The van der Waals surface area contributed by atoms with Gasteiger partial charge < -0.3 is 0 Å². The van der Waals surface area contributed by atoms with Gasteiger partial charge in [0, 0.05) is 12.1 Å². The van der Waals surface area contributed by atoms with Crippen molar-refractivity contribution in [1.29, 1.82) is 0 Å². The average molecular weight is 209 g/mol. The summed E-state index contributed by atoms with van der Waals surface area (Å²) in [7, 11) is 0. The SMILES string of the molecule is [CH2]CCc1c([N+](=O)[O-])cccc1[N+](=O)[O-]. The summed E-state index contributed by atoms with van der Waals surface area (Å²) >= 11 is 0. The van der Waals surface area contributed by atoms with Gasteiger partial charge in [0.25, 0.3) is 11.4 Å². The lowest BCUT2D eigenvalue weighted by molar-refractivity contribution is -0.395. The summed E-state index contributed by atoms with van der Waals surface area (Å²) in [5, 5.41) is 21.3. The zero-order chi connectivity index (χ0) is 11.4. The first kappa shape index (κ1) is 11.1. The fourth-order valence-electron chi connectivity index (χ4n) is 1.34. The van der Waals surface area contributed by atoms with E-state index in [1.54, 1.807) is 0 Å². The molecule has 79 valence electrons. The minimum Gasteiger partial charge on any atom is -0.258 e. The van der Waals surface area contributed by atoms with Crippen molar-refractivity contribution < 1.29 is 9.85 Å². The number of hydrogen-bond donors (Lipinski definition) is 0. The number of nitrogens with zero attached hydrogens (tertiary/aromatic N) is 2. The Bertz CT molecular complexity index is 371. The normalized spacial score (nSPS) is 9.93. The molecule has 1 aromatic rings. The summed E-state index contributed by atoms with van der Waals surface area (Å²) in [6.07, 6.45) is 0.610. The van der Waals surface area contributed by atoms with Crippen LogP contribution in [0.3, 0.4) is 0 Å². The number of nitro groups is 2. The van der Waals surface area contributed by atoms with Crippen LogP contribution in [0.4, 0.5) is 11.4 Å². The highest BCUT2D eigenvalue weighted by molar-refractivity contribution is 5.53. The monoisotopic (exact) mass is 209 g/mol. The van der Waals surface area contributed by atoms with Crippen LogP contribution in [-0.4, -0.2) is 9.85 Å². The van der Waals surface area contributed by atoms with Gasteiger partial charge in [-0.2, -0.15) is 0 Å². The maximum Gasteiger partial charge on any atom is 0.279 e. The van der Waals surface area contributed by atoms with Crippen molar-refractivity contribution in [3.05, 3.63) is 50.9 Å². The van der Waals surface area contributed by atoms with Gasteiger partial charge >= 0.3 is 0 Å². The van der Waals surface area contributed by atoms with Gasteiger partial charge in [0.15, 0.2) is 0 Å². The maximum absolute atomic E-state index is 10.6. The molecule has 1 aromatic carbocycles. The van der Waals surface area contributed by atoms with E-state index in [2.05, 4.69) is 6.92 Å². The molecule has 0 bridgehead atoms. The van der Waals surface area contributed by atoms with Crippen molar-refractivity contribution >= 4 is 11.4 Å². The number of benzene rings is 1. The summed E-state index contributed by atoms with van der Waals surface area (Å²) in [6, 6.07) is 3.83. The Morgan fingerprint density at radius 1 is 1.13 bits per heavy atom. The molecule has 0 aliphatic rings. The molecule has 0 heterocycles. The second kappa shape index (κ2) is 4.50. The van der Waals surface area contributed by atoms with Crippen LogP contribution >= 0.6 is 0 Å². The van der Waals surface area contributed by atoms with E-state index < -0.39 is 9.85 Å². The highest BCUT2D eigenvalue weighted by atomic mass is 16.6. The van der Waals surface area contributed by atoms with Gasteiger partial charge in [-0.15, -0.1) is 0 Å². The highest BCUT2D eigenvalue weighted by Crippen LogP contribution is 2.28. The van der Waals surface area contributed by atoms with E-state index in [0.29, 0.717) is 6.42 Å². The Balaban J connectivity index is 3.34. The van der Waals surface area contributed by atoms with Crippen LogP contribution in [0.2, 0.25) is 0 Å². The molecule has 0 unspecified atom stereocenters. The topological polar surface area (TPSA) is 86.3 Å². The van der Waals surface area contributed by atoms with E-state index >= 15 is 0 Å². The van der Waals surface area contributed by atoms with Crippen LogP contribution in [0.1, 0.15) is 12.0 Å². The molecule has 0 aliphatic heterocycles. The zero-order valence-electron chi connectivity index (χ0n) is 7.88. The van der Waals surface area contributed by atoms with Crippen LogP contribution in [-0.2, 0) is 6.42 Å². The minimum atomic E-state index is -0.613. The lowest BCUT2D eigenvalue weighted by atomic mass is 10.1. The van der Waals surface area contributed by atoms with Crippen LogP contribution in [0.5, 0.6) is 0 Å². The van der Waals surface area contributed by atoms with Crippen molar-refractivity contribution in [2.75, 3.05) is 0 Å². The van der Waals surface area contributed by atoms with E-state index in [1.807, 2.05) is 0 Å². The third kappa shape index (κ3) is 2.28. The van der Waals surface area contributed by atoms with Gasteiger partial charge in [0.2, 0.25) is 0 Å². The van der Waals surface area contributed by atoms with Gasteiger partial charge in [0.05, 0.1) is 9.85 Å². The van der Waals surface area contributed by atoms with Gasteiger partial charge in [-0.3, -0.25) is 20.2 Å². The van der Waals surface area contributed by atoms with Crippen LogP contribution in [0, 0.1) is 27.2 Å². The Kier molecular flexibility index (Phi) is 3.33. The number of hydrogen-bond acceptors (Lipinski definition) is 4. The number of rotatable bonds is 4. The summed E-state index contributed by atoms with van der Waals surface area (Å²) in [5.74, 6) is 0. The lowest BCUT2D eigenvalue weighted by Crippen LogP contribution is -2.00. The van der Waals surface area contributed by atoms with Gasteiger partial charge in [0.1, 0.15) is 5.56 Å². The van der Waals surface area contributed by atoms with E-state index in [9.17, 15) is 20.2 Å². The van der Waals surface area contributed by atoms with Gasteiger partial charge in [-0.05, 0) is 18.9 Å². The standard InChI is InChI=1S/C9H9N2O4/c1-2-4-7-8(10(12)13)5-3-6-9(7)11(14)15/h3,5-6H,1-2,4H2. The first-order chi connectivity index (χ1) is 7.07. The Morgan fingerprint density at radius 2 is 1.60 bits per heavy atom. The third-order valence-electron chi connectivity index (χ3n) is 1.95. The second-order valence-electron chi connectivity index (χ2n) is 2.89. The minimum absolute atomic E-state index is 0.141. The van der Waals surface area contributed by atoms with Gasteiger partial charge in [-0.25, -0.2) is 0 Å². The Morgan fingerprint density at radius 3 is 1.93 bits per heavy atom. The fourth-order valence-corrected chi connectivity index (χ4v) is 1.34. The molecule has 1 radical (unpaired) electrons. The Labute approximate surface area is 85.8 Å².